The predicted molar refractivity (Wildman–Crippen MR) is 146 cm³/mol. The molecule has 5 rings (SSSR count). The summed E-state index contributed by atoms with van der Waals surface area (Å²) in [6.07, 6.45) is 1.63. The van der Waals surface area contributed by atoms with E-state index in [1.165, 1.54) is 5.56 Å². The van der Waals surface area contributed by atoms with Gasteiger partial charge in [0.05, 0.1) is 21.5 Å². The molecular formula is C27H25Cl2N5S. The second-order valence-corrected chi connectivity index (χ2v) is 10.7. The Hall–Kier alpha value is -2.66. The Morgan fingerprint density at radius 2 is 1.83 bits per heavy atom. The van der Waals surface area contributed by atoms with Crippen LogP contribution in [0.2, 0.25) is 10.0 Å². The van der Waals surface area contributed by atoms with E-state index < -0.39 is 0 Å². The topological polar surface area (TPSA) is 55.2 Å². The third-order valence-electron chi connectivity index (χ3n) is 6.37. The van der Waals surface area contributed by atoms with Gasteiger partial charge in [-0.2, -0.15) is 5.26 Å². The Kier molecular flexibility index (Phi) is 7.24. The van der Waals surface area contributed by atoms with E-state index in [0.29, 0.717) is 22.2 Å². The molecule has 8 heteroatoms. The van der Waals surface area contributed by atoms with E-state index in [1.807, 2.05) is 12.1 Å². The summed E-state index contributed by atoms with van der Waals surface area (Å²) in [6, 6.07) is 18.6. The largest absolute Gasteiger partial charge is 0.379 e. The molecule has 0 bridgehead atoms. The van der Waals surface area contributed by atoms with Gasteiger partial charge in [0.2, 0.25) is 0 Å². The number of aromatic nitrogens is 1. The summed E-state index contributed by atoms with van der Waals surface area (Å²) in [7, 11) is 2.18. The molecule has 1 aliphatic rings. The number of piperazine rings is 1. The molecular weight excluding hydrogens is 497 g/mol. The fourth-order valence-electron chi connectivity index (χ4n) is 4.27. The van der Waals surface area contributed by atoms with E-state index in [0.717, 1.165) is 64.6 Å². The van der Waals surface area contributed by atoms with Gasteiger partial charge in [0.1, 0.15) is 6.07 Å². The third-order valence-corrected chi connectivity index (χ3v) is 8.15. The molecule has 2 aromatic heterocycles. The first-order valence-electron chi connectivity index (χ1n) is 11.5. The number of rotatable bonds is 6. The van der Waals surface area contributed by atoms with Crippen LogP contribution < -0.4 is 5.32 Å². The number of nitriles is 1. The lowest BCUT2D eigenvalue weighted by molar-refractivity contribution is 0.148. The molecule has 35 heavy (non-hydrogen) atoms. The highest BCUT2D eigenvalue weighted by Gasteiger charge is 2.16. The van der Waals surface area contributed by atoms with Gasteiger partial charge in [0.15, 0.2) is 0 Å². The minimum Gasteiger partial charge on any atom is -0.379 e. The van der Waals surface area contributed by atoms with Gasteiger partial charge in [-0.25, -0.2) is 0 Å². The fraction of sp³-hybridized carbons (Fsp3) is 0.259. The number of hydrogen-bond acceptors (Lipinski definition) is 6. The van der Waals surface area contributed by atoms with Gasteiger partial charge in [-0.3, -0.25) is 9.88 Å². The number of nitrogens with zero attached hydrogens (tertiary/aromatic N) is 4. The Morgan fingerprint density at radius 3 is 2.54 bits per heavy atom. The molecule has 0 spiro atoms. The number of pyridine rings is 1. The number of fused-ring (bicyclic) bond motifs is 1. The lowest BCUT2D eigenvalue weighted by Crippen LogP contribution is -2.43. The molecule has 0 aliphatic carbocycles. The van der Waals surface area contributed by atoms with E-state index in [-0.39, 0.29) is 0 Å². The van der Waals surface area contributed by atoms with Crippen molar-refractivity contribution in [1.82, 2.24) is 14.8 Å². The Bertz CT molecular complexity index is 1390. The Balaban J connectivity index is 1.37. The van der Waals surface area contributed by atoms with Crippen molar-refractivity contribution < 1.29 is 0 Å². The Labute approximate surface area is 219 Å². The first-order chi connectivity index (χ1) is 17.0. The van der Waals surface area contributed by atoms with Crippen molar-refractivity contribution in [3.63, 3.8) is 0 Å². The van der Waals surface area contributed by atoms with E-state index in [2.05, 4.69) is 63.5 Å². The first-order valence-corrected chi connectivity index (χ1v) is 13.1. The minimum absolute atomic E-state index is 0.484. The van der Waals surface area contributed by atoms with Crippen molar-refractivity contribution >= 4 is 50.4 Å². The van der Waals surface area contributed by atoms with Crippen LogP contribution in [0.15, 0.2) is 54.7 Å². The van der Waals surface area contributed by atoms with Crippen LogP contribution >= 0.6 is 34.5 Å². The van der Waals surface area contributed by atoms with Crippen LogP contribution in [0.25, 0.3) is 20.7 Å². The van der Waals surface area contributed by atoms with E-state index >= 15 is 0 Å². The van der Waals surface area contributed by atoms with Crippen LogP contribution in [0.3, 0.4) is 0 Å². The van der Waals surface area contributed by atoms with Crippen molar-refractivity contribution in [1.29, 1.82) is 5.26 Å². The quantitative estimate of drug-likeness (QED) is 0.313. The van der Waals surface area contributed by atoms with Gasteiger partial charge in [0.25, 0.3) is 0 Å². The average Bonchev–Trinajstić information content (AvgIpc) is 3.30. The standard InChI is InChI=1S/C27H25Cl2N5S/c1-33-8-10-34(11-9-33)17-18-2-4-19(5-3-18)25-13-24-27(35-25)26(21(14-30)16-31-24)32-15-20-6-7-22(28)12-23(20)29/h2-7,12-13,16H,8-11,15,17H2,1H3,(H,31,32). The molecule has 1 aliphatic heterocycles. The fourth-order valence-corrected chi connectivity index (χ4v) is 5.89. The molecule has 178 valence electrons. The number of likely N-dealkylation sites (N-methyl/N-ethyl adjacent to an activating group) is 1. The predicted octanol–water partition coefficient (Wildman–Crippen LogP) is 6.50. The summed E-state index contributed by atoms with van der Waals surface area (Å²) in [4.78, 5) is 10.5. The van der Waals surface area contributed by atoms with Gasteiger partial charge in [-0.05, 0) is 41.9 Å². The number of nitrogens with one attached hydrogen (secondary N) is 1. The van der Waals surface area contributed by atoms with Gasteiger partial charge >= 0.3 is 0 Å². The molecule has 0 radical (unpaired) electrons. The highest BCUT2D eigenvalue weighted by atomic mass is 35.5. The molecule has 5 nitrogen and oxygen atoms in total. The van der Waals surface area contributed by atoms with Crippen LogP contribution in [0.1, 0.15) is 16.7 Å². The monoisotopic (exact) mass is 521 g/mol. The second kappa shape index (κ2) is 10.5. The highest BCUT2D eigenvalue weighted by molar-refractivity contribution is 7.22. The van der Waals surface area contributed by atoms with Gasteiger partial charge in [-0.1, -0.05) is 53.5 Å². The van der Waals surface area contributed by atoms with Crippen molar-refractivity contribution in [3.05, 3.63) is 81.5 Å². The zero-order chi connectivity index (χ0) is 24.4. The molecule has 1 fully saturated rings. The lowest BCUT2D eigenvalue weighted by atomic mass is 10.1. The second-order valence-electron chi connectivity index (χ2n) is 8.85. The van der Waals surface area contributed by atoms with Crippen molar-refractivity contribution in [2.24, 2.45) is 0 Å². The minimum atomic E-state index is 0.484. The molecule has 1 N–H and O–H groups in total. The van der Waals surface area contributed by atoms with E-state index in [9.17, 15) is 5.26 Å². The maximum atomic E-state index is 9.69. The SMILES string of the molecule is CN1CCN(Cc2ccc(-c3cc4ncc(C#N)c(NCc5ccc(Cl)cc5Cl)c4s3)cc2)CC1. The molecule has 2 aromatic carbocycles. The zero-order valence-electron chi connectivity index (χ0n) is 19.4. The number of hydrogen-bond donors (Lipinski definition) is 1. The van der Waals surface area contributed by atoms with E-state index in [4.69, 9.17) is 23.2 Å². The molecule has 4 aromatic rings. The summed E-state index contributed by atoms with van der Waals surface area (Å²) in [6.45, 7) is 5.93. The van der Waals surface area contributed by atoms with Crippen LogP contribution in [-0.4, -0.2) is 48.0 Å². The zero-order valence-corrected chi connectivity index (χ0v) is 21.7. The van der Waals surface area contributed by atoms with Gasteiger partial charge < -0.3 is 10.2 Å². The molecule has 0 unspecified atom stereocenters. The molecule has 3 heterocycles. The van der Waals surface area contributed by atoms with Crippen LogP contribution in [0.4, 0.5) is 5.69 Å². The molecule has 0 atom stereocenters. The molecule has 0 amide bonds. The number of anilines is 1. The van der Waals surface area contributed by atoms with Crippen LogP contribution in [0, 0.1) is 11.3 Å². The van der Waals surface area contributed by atoms with Gasteiger partial charge in [-0.15, -0.1) is 11.3 Å². The number of thiophene rings is 1. The molecule has 0 saturated carbocycles. The van der Waals surface area contributed by atoms with Crippen molar-refractivity contribution in [3.8, 4) is 16.5 Å². The van der Waals surface area contributed by atoms with Crippen molar-refractivity contribution in [2.45, 2.75) is 13.1 Å². The normalized spacial score (nSPS) is 14.8. The summed E-state index contributed by atoms with van der Waals surface area (Å²) < 4.78 is 0.964. The summed E-state index contributed by atoms with van der Waals surface area (Å²) in [5, 5.41) is 14.3. The third kappa shape index (κ3) is 5.45. The van der Waals surface area contributed by atoms with Crippen LogP contribution in [0.5, 0.6) is 0 Å². The molecule has 1 saturated heterocycles. The smallest absolute Gasteiger partial charge is 0.103 e. The highest BCUT2D eigenvalue weighted by Crippen LogP contribution is 2.38. The van der Waals surface area contributed by atoms with E-state index in [1.54, 1.807) is 23.6 Å². The van der Waals surface area contributed by atoms with Crippen molar-refractivity contribution in [2.75, 3.05) is 38.5 Å². The summed E-state index contributed by atoms with van der Waals surface area (Å²) >= 11 is 14.0. The van der Waals surface area contributed by atoms with Gasteiger partial charge in [0, 0.05) is 60.4 Å². The maximum Gasteiger partial charge on any atom is 0.103 e. The maximum absolute atomic E-state index is 9.69. The average molecular weight is 523 g/mol. The summed E-state index contributed by atoms with van der Waals surface area (Å²) in [5.41, 5.74) is 5.56. The number of benzene rings is 2. The first kappa shape index (κ1) is 24.1. The van der Waals surface area contributed by atoms with Crippen LogP contribution in [-0.2, 0) is 13.1 Å². The lowest BCUT2D eigenvalue weighted by Gasteiger charge is -2.32. The number of halogens is 2. The Morgan fingerprint density at radius 1 is 1.06 bits per heavy atom. The summed E-state index contributed by atoms with van der Waals surface area (Å²) in [5.74, 6) is 0.